The van der Waals surface area contributed by atoms with Gasteiger partial charge in [-0.05, 0) is 89.3 Å². The largest absolute Gasteiger partial charge is 0.492 e. The van der Waals surface area contributed by atoms with Gasteiger partial charge in [0.15, 0.2) is 0 Å². The molecule has 0 fully saturated rings. The molecule has 0 radical (unpaired) electrons. The van der Waals surface area contributed by atoms with Crippen LogP contribution in [0.2, 0.25) is 0 Å². The van der Waals surface area contributed by atoms with E-state index in [4.69, 9.17) is 4.74 Å². The van der Waals surface area contributed by atoms with Gasteiger partial charge >= 0.3 is 0 Å². The molecule has 0 saturated carbocycles. The van der Waals surface area contributed by atoms with Crippen LogP contribution in [0.15, 0.2) is 70.0 Å². The topological polar surface area (TPSA) is 84.5 Å². The van der Waals surface area contributed by atoms with E-state index >= 15 is 0 Å². The van der Waals surface area contributed by atoms with E-state index in [9.17, 15) is 13.2 Å². The third kappa shape index (κ3) is 6.36. The number of carbonyl (C=O) groups is 1. The van der Waals surface area contributed by atoms with E-state index in [1.54, 1.807) is 30.3 Å². The van der Waals surface area contributed by atoms with E-state index in [-0.39, 0.29) is 10.8 Å². The lowest BCUT2D eigenvalue weighted by atomic mass is 10.1. The van der Waals surface area contributed by atoms with Crippen LogP contribution in [0.3, 0.4) is 0 Å². The molecule has 0 unspecified atom stereocenters. The average Bonchev–Trinajstić information content (AvgIpc) is 2.76. The predicted molar refractivity (Wildman–Crippen MR) is 136 cm³/mol. The fraction of sp³-hybridized carbons (Fsp3) is 0.240. The first-order chi connectivity index (χ1) is 15.6. The summed E-state index contributed by atoms with van der Waals surface area (Å²) in [5.41, 5.74) is 3.19. The highest BCUT2D eigenvalue weighted by Gasteiger charge is 2.17. The van der Waals surface area contributed by atoms with Gasteiger partial charge in [0.25, 0.3) is 15.9 Å². The monoisotopic (exact) mass is 530 g/mol. The van der Waals surface area contributed by atoms with Gasteiger partial charge in [-0.15, -0.1) is 0 Å². The zero-order chi connectivity index (χ0) is 24.2. The molecule has 2 N–H and O–H groups in total. The van der Waals surface area contributed by atoms with Gasteiger partial charge in [0.2, 0.25) is 0 Å². The number of hydrogen-bond donors (Lipinski definition) is 2. The molecule has 3 aromatic rings. The van der Waals surface area contributed by atoms with Crippen molar-refractivity contribution in [2.45, 2.75) is 32.6 Å². The van der Waals surface area contributed by atoms with E-state index in [2.05, 4.69) is 39.8 Å². The molecule has 0 bridgehead atoms. The number of rotatable bonds is 8. The van der Waals surface area contributed by atoms with Crippen molar-refractivity contribution >= 4 is 43.2 Å². The third-order valence-corrected chi connectivity index (χ3v) is 6.89. The SMILES string of the molecule is Cc1cccc(C)c1NS(=O)(=O)c1ccc(NC(=O)c2ccc(OCC(C)C)c(Br)c2)cc1. The Morgan fingerprint density at radius 2 is 1.64 bits per heavy atom. The predicted octanol–water partition coefficient (Wildman–Crippen LogP) is 6.15. The molecule has 33 heavy (non-hydrogen) atoms. The van der Waals surface area contributed by atoms with Crippen LogP contribution in [0.25, 0.3) is 0 Å². The molecule has 3 rings (SSSR count). The number of hydrogen-bond acceptors (Lipinski definition) is 4. The Kier molecular flexibility index (Phi) is 7.81. The van der Waals surface area contributed by atoms with Gasteiger partial charge in [-0.1, -0.05) is 32.0 Å². The van der Waals surface area contributed by atoms with Crippen LogP contribution < -0.4 is 14.8 Å². The molecule has 8 heteroatoms. The highest BCUT2D eigenvalue weighted by atomic mass is 79.9. The summed E-state index contributed by atoms with van der Waals surface area (Å²) in [6, 6.07) is 16.8. The Hall–Kier alpha value is -2.84. The van der Waals surface area contributed by atoms with Crippen molar-refractivity contribution in [3.8, 4) is 5.75 Å². The zero-order valence-electron chi connectivity index (χ0n) is 19.0. The summed E-state index contributed by atoms with van der Waals surface area (Å²) in [5, 5.41) is 2.79. The molecule has 0 atom stereocenters. The number of benzene rings is 3. The summed E-state index contributed by atoms with van der Waals surface area (Å²) in [5.74, 6) is 0.754. The highest BCUT2D eigenvalue weighted by Crippen LogP contribution is 2.27. The first kappa shape index (κ1) is 24.8. The minimum atomic E-state index is -3.76. The van der Waals surface area contributed by atoms with Gasteiger partial charge in [0.05, 0.1) is 21.7 Å². The minimum Gasteiger partial charge on any atom is -0.492 e. The van der Waals surface area contributed by atoms with Crippen LogP contribution >= 0.6 is 15.9 Å². The number of carbonyl (C=O) groups excluding carboxylic acids is 1. The molecule has 0 aliphatic rings. The number of sulfonamides is 1. The first-order valence-corrected chi connectivity index (χ1v) is 12.8. The second kappa shape index (κ2) is 10.4. The van der Waals surface area contributed by atoms with Crippen molar-refractivity contribution in [2.75, 3.05) is 16.6 Å². The first-order valence-electron chi connectivity index (χ1n) is 10.5. The van der Waals surface area contributed by atoms with Crippen molar-refractivity contribution in [2.24, 2.45) is 5.92 Å². The molecule has 0 saturated heterocycles. The lowest BCUT2D eigenvalue weighted by Crippen LogP contribution is -2.15. The van der Waals surface area contributed by atoms with Crippen LogP contribution in [-0.2, 0) is 10.0 Å². The second-order valence-corrected chi connectivity index (χ2v) is 10.7. The Labute approximate surface area is 203 Å². The van der Waals surface area contributed by atoms with Gasteiger partial charge in [0, 0.05) is 11.3 Å². The van der Waals surface area contributed by atoms with E-state index in [0.717, 1.165) is 11.1 Å². The summed E-state index contributed by atoms with van der Waals surface area (Å²) >= 11 is 3.44. The van der Waals surface area contributed by atoms with Crippen LogP contribution in [0.5, 0.6) is 5.75 Å². The summed E-state index contributed by atoms with van der Waals surface area (Å²) in [4.78, 5) is 12.7. The van der Waals surface area contributed by atoms with Crippen LogP contribution in [-0.4, -0.2) is 20.9 Å². The Morgan fingerprint density at radius 3 is 2.21 bits per heavy atom. The lowest BCUT2D eigenvalue weighted by Gasteiger charge is -2.14. The molecular formula is C25H27BrN2O4S. The maximum atomic E-state index is 12.8. The van der Waals surface area contributed by atoms with Crippen LogP contribution in [0, 0.1) is 19.8 Å². The van der Waals surface area contributed by atoms with Crippen LogP contribution in [0.1, 0.15) is 35.3 Å². The van der Waals surface area contributed by atoms with Gasteiger partial charge in [0.1, 0.15) is 5.75 Å². The van der Waals surface area contributed by atoms with Crippen molar-refractivity contribution < 1.29 is 17.9 Å². The molecule has 1 amide bonds. The van der Waals surface area contributed by atoms with Crippen LogP contribution in [0.4, 0.5) is 11.4 Å². The number of nitrogens with one attached hydrogen (secondary N) is 2. The number of aryl methyl sites for hydroxylation is 2. The van der Waals surface area contributed by atoms with Crippen molar-refractivity contribution in [3.63, 3.8) is 0 Å². The van der Waals surface area contributed by atoms with Gasteiger partial charge in [-0.3, -0.25) is 9.52 Å². The molecule has 0 aliphatic carbocycles. The van der Waals surface area contributed by atoms with Gasteiger partial charge in [-0.2, -0.15) is 0 Å². The quantitative estimate of drug-likeness (QED) is 0.365. The van der Waals surface area contributed by atoms with Gasteiger partial charge < -0.3 is 10.1 Å². The fourth-order valence-corrected chi connectivity index (χ4v) is 4.80. The zero-order valence-corrected chi connectivity index (χ0v) is 21.4. The van der Waals surface area contributed by atoms with E-state index in [1.165, 1.54) is 12.1 Å². The molecule has 6 nitrogen and oxygen atoms in total. The van der Waals surface area contributed by atoms with Crippen molar-refractivity contribution in [1.82, 2.24) is 0 Å². The van der Waals surface area contributed by atoms with E-state index < -0.39 is 10.0 Å². The molecule has 174 valence electrons. The summed E-state index contributed by atoms with van der Waals surface area (Å²) < 4.78 is 34.7. The average molecular weight is 531 g/mol. The van der Waals surface area contributed by atoms with Crippen molar-refractivity contribution in [3.05, 3.63) is 81.8 Å². The number of anilines is 2. The summed E-state index contributed by atoms with van der Waals surface area (Å²) in [6.45, 7) is 8.41. The second-order valence-electron chi connectivity index (χ2n) is 8.20. The number of ether oxygens (including phenoxy) is 1. The Balaban J connectivity index is 1.70. The molecule has 0 aromatic heterocycles. The molecular weight excluding hydrogens is 504 g/mol. The Bertz CT molecular complexity index is 1240. The standard InChI is InChI=1S/C25H27BrN2O4S/c1-16(2)15-32-23-13-8-19(14-22(23)26)25(29)27-20-9-11-21(12-10-20)33(30,31)28-24-17(3)6-5-7-18(24)4/h5-14,16,28H,15H2,1-4H3,(H,27,29). The minimum absolute atomic E-state index is 0.109. The van der Waals surface area contributed by atoms with Crippen molar-refractivity contribution in [1.29, 1.82) is 0 Å². The third-order valence-electron chi connectivity index (χ3n) is 4.91. The number of para-hydroxylation sites is 1. The smallest absolute Gasteiger partial charge is 0.261 e. The fourth-order valence-electron chi connectivity index (χ4n) is 3.11. The van der Waals surface area contributed by atoms with Gasteiger partial charge in [-0.25, -0.2) is 8.42 Å². The normalized spacial score (nSPS) is 11.3. The Morgan fingerprint density at radius 1 is 1.00 bits per heavy atom. The molecule has 3 aromatic carbocycles. The molecule has 0 heterocycles. The molecule has 0 aliphatic heterocycles. The number of amides is 1. The maximum Gasteiger partial charge on any atom is 0.261 e. The van der Waals surface area contributed by atoms with E-state index in [1.807, 2.05) is 32.0 Å². The summed E-state index contributed by atoms with van der Waals surface area (Å²) in [6.07, 6.45) is 0. The highest BCUT2D eigenvalue weighted by molar-refractivity contribution is 9.10. The lowest BCUT2D eigenvalue weighted by molar-refractivity contribution is 0.102. The number of halogens is 1. The molecule has 0 spiro atoms. The van der Waals surface area contributed by atoms with E-state index in [0.29, 0.717) is 39.7 Å². The maximum absolute atomic E-state index is 12.8. The summed E-state index contributed by atoms with van der Waals surface area (Å²) in [7, 11) is -3.76.